The molecule has 3 heteroatoms. The Hall–Kier alpha value is -3.07. The largest absolute Gasteiger partial charge is 0.511 e. The van der Waals surface area contributed by atoms with Crippen LogP contribution in [0.1, 0.15) is 25.0 Å². The minimum absolute atomic E-state index is 0.242. The molecule has 0 amide bonds. The van der Waals surface area contributed by atoms with Gasteiger partial charge >= 0.3 is 6.16 Å². The molecule has 3 aromatic carbocycles. The third-order valence-corrected chi connectivity index (χ3v) is 4.47. The molecule has 25 heavy (non-hydrogen) atoms. The molecule has 126 valence electrons. The van der Waals surface area contributed by atoms with Crippen molar-refractivity contribution in [2.45, 2.75) is 19.3 Å². The maximum atomic E-state index is 11.0. The Kier molecular flexibility index (Phi) is 4.57. The van der Waals surface area contributed by atoms with Crippen LogP contribution in [-0.2, 0) is 5.41 Å². The Balaban J connectivity index is 2.17. The third-order valence-electron chi connectivity index (χ3n) is 4.47. The molecule has 0 aromatic heterocycles. The summed E-state index contributed by atoms with van der Waals surface area (Å²) in [5.74, 6) is 0.339. The molecule has 0 saturated carbocycles. The fourth-order valence-corrected chi connectivity index (χ4v) is 3.15. The predicted octanol–water partition coefficient (Wildman–Crippen LogP) is 5.74. The van der Waals surface area contributed by atoms with Crippen molar-refractivity contribution in [1.82, 2.24) is 0 Å². The SMILES string of the molecule is CC(C)(c1ccccc1)c1ccccc1-c1ccccc1OC(=O)O. The van der Waals surface area contributed by atoms with Crippen LogP contribution in [0.25, 0.3) is 11.1 Å². The van der Waals surface area contributed by atoms with Crippen LogP contribution in [0, 0.1) is 0 Å². The molecule has 0 heterocycles. The van der Waals surface area contributed by atoms with Crippen LogP contribution in [0.2, 0.25) is 0 Å². The Bertz CT molecular complexity index is 883. The van der Waals surface area contributed by atoms with Gasteiger partial charge in [0.2, 0.25) is 0 Å². The van der Waals surface area contributed by atoms with Gasteiger partial charge in [-0.2, -0.15) is 0 Å². The highest BCUT2D eigenvalue weighted by molar-refractivity contribution is 5.77. The highest BCUT2D eigenvalue weighted by Crippen LogP contribution is 2.40. The Morgan fingerprint density at radius 3 is 2.04 bits per heavy atom. The second-order valence-electron chi connectivity index (χ2n) is 6.40. The van der Waals surface area contributed by atoms with Crippen LogP contribution in [0.15, 0.2) is 78.9 Å². The monoisotopic (exact) mass is 332 g/mol. The normalized spacial score (nSPS) is 11.1. The first-order valence-corrected chi connectivity index (χ1v) is 8.15. The molecular weight excluding hydrogens is 312 g/mol. The zero-order valence-corrected chi connectivity index (χ0v) is 14.3. The molecule has 0 aliphatic heterocycles. The summed E-state index contributed by atoms with van der Waals surface area (Å²) in [5, 5.41) is 9.02. The standard InChI is InChI=1S/C22H20O3/c1-22(2,16-10-4-3-5-11-16)19-14-8-6-12-17(19)18-13-7-9-15-20(18)25-21(23)24/h3-15H,1-2H3,(H,23,24). The lowest BCUT2D eigenvalue weighted by molar-refractivity contribution is 0.144. The Labute approximate surface area is 147 Å². The molecule has 0 aliphatic rings. The second-order valence-corrected chi connectivity index (χ2v) is 6.40. The number of hydrogen-bond donors (Lipinski definition) is 1. The number of carbonyl (C=O) groups is 1. The van der Waals surface area contributed by atoms with E-state index in [2.05, 4.69) is 32.0 Å². The summed E-state index contributed by atoms with van der Waals surface area (Å²) < 4.78 is 4.99. The van der Waals surface area contributed by atoms with E-state index in [0.717, 1.165) is 16.7 Å². The molecule has 1 N–H and O–H groups in total. The van der Waals surface area contributed by atoms with Crippen molar-refractivity contribution in [3.05, 3.63) is 90.0 Å². The number of carboxylic acid groups (broad SMARTS) is 1. The summed E-state index contributed by atoms with van der Waals surface area (Å²) in [6.07, 6.45) is -1.31. The van der Waals surface area contributed by atoms with Crippen molar-refractivity contribution in [2.75, 3.05) is 0 Å². The zero-order chi connectivity index (χ0) is 17.9. The van der Waals surface area contributed by atoms with Crippen molar-refractivity contribution >= 4 is 6.16 Å². The Morgan fingerprint density at radius 1 is 0.800 bits per heavy atom. The van der Waals surface area contributed by atoms with Gasteiger partial charge in [0.1, 0.15) is 5.75 Å². The second kappa shape index (κ2) is 6.81. The average Bonchev–Trinajstić information content (AvgIpc) is 2.62. The minimum Gasteiger partial charge on any atom is -0.449 e. The number of hydrogen-bond acceptors (Lipinski definition) is 2. The van der Waals surface area contributed by atoms with Gasteiger partial charge in [-0.3, -0.25) is 0 Å². The molecule has 3 aromatic rings. The lowest BCUT2D eigenvalue weighted by atomic mass is 9.75. The smallest absolute Gasteiger partial charge is 0.449 e. The van der Waals surface area contributed by atoms with Gasteiger partial charge in [0, 0.05) is 11.0 Å². The van der Waals surface area contributed by atoms with Crippen molar-refractivity contribution in [2.24, 2.45) is 0 Å². The maximum absolute atomic E-state index is 11.0. The van der Waals surface area contributed by atoms with E-state index in [-0.39, 0.29) is 5.41 Å². The van der Waals surface area contributed by atoms with Gasteiger partial charge in [0.05, 0.1) is 0 Å². The first kappa shape index (κ1) is 16.8. The summed E-state index contributed by atoms with van der Waals surface area (Å²) in [6, 6.07) is 25.5. The van der Waals surface area contributed by atoms with Gasteiger partial charge in [0.25, 0.3) is 0 Å². The number of rotatable bonds is 4. The predicted molar refractivity (Wildman–Crippen MR) is 99.1 cm³/mol. The summed E-state index contributed by atoms with van der Waals surface area (Å²) in [5.41, 5.74) is 3.80. The topological polar surface area (TPSA) is 46.5 Å². The number of ether oxygens (including phenoxy) is 1. The van der Waals surface area contributed by atoms with E-state index in [4.69, 9.17) is 9.84 Å². The molecule has 0 saturated heterocycles. The molecular formula is C22H20O3. The van der Waals surface area contributed by atoms with Crippen LogP contribution in [0.5, 0.6) is 5.75 Å². The van der Waals surface area contributed by atoms with Gasteiger partial charge in [-0.05, 0) is 22.8 Å². The summed E-state index contributed by atoms with van der Waals surface area (Å²) in [6.45, 7) is 4.34. The molecule has 0 fully saturated rings. The maximum Gasteiger partial charge on any atom is 0.511 e. The van der Waals surface area contributed by atoms with E-state index < -0.39 is 6.16 Å². The highest BCUT2D eigenvalue weighted by atomic mass is 16.7. The van der Waals surface area contributed by atoms with E-state index in [1.165, 1.54) is 5.56 Å². The minimum atomic E-state index is -1.31. The van der Waals surface area contributed by atoms with E-state index >= 15 is 0 Å². The van der Waals surface area contributed by atoms with E-state index in [1.54, 1.807) is 12.1 Å². The van der Waals surface area contributed by atoms with Crippen molar-refractivity contribution in [3.8, 4) is 16.9 Å². The molecule has 0 spiro atoms. The summed E-state index contributed by atoms with van der Waals surface area (Å²) >= 11 is 0. The zero-order valence-electron chi connectivity index (χ0n) is 14.3. The van der Waals surface area contributed by atoms with Crippen LogP contribution < -0.4 is 4.74 Å². The number of benzene rings is 3. The molecule has 0 aliphatic carbocycles. The molecule has 0 unspecified atom stereocenters. The lowest BCUT2D eigenvalue weighted by Gasteiger charge is -2.29. The van der Waals surface area contributed by atoms with Gasteiger partial charge in [-0.1, -0.05) is 86.6 Å². The lowest BCUT2D eigenvalue weighted by Crippen LogP contribution is -2.20. The number of para-hydroxylation sites is 1. The Morgan fingerprint density at radius 2 is 1.36 bits per heavy atom. The van der Waals surface area contributed by atoms with Crippen molar-refractivity contribution in [3.63, 3.8) is 0 Å². The molecule has 0 radical (unpaired) electrons. The van der Waals surface area contributed by atoms with E-state index in [9.17, 15) is 4.79 Å². The van der Waals surface area contributed by atoms with Gasteiger partial charge in [0.15, 0.2) is 0 Å². The molecule has 0 bridgehead atoms. The molecule has 0 atom stereocenters. The van der Waals surface area contributed by atoms with Gasteiger partial charge in [-0.15, -0.1) is 0 Å². The van der Waals surface area contributed by atoms with Crippen LogP contribution in [0.4, 0.5) is 4.79 Å². The summed E-state index contributed by atoms with van der Waals surface area (Å²) in [4.78, 5) is 11.0. The molecule has 3 rings (SSSR count). The highest BCUT2D eigenvalue weighted by Gasteiger charge is 2.26. The van der Waals surface area contributed by atoms with E-state index in [1.807, 2.05) is 48.5 Å². The fourth-order valence-electron chi connectivity index (χ4n) is 3.15. The molecule has 3 nitrogen and oxygen atoms in total. The first-order chi connectivity index (χ1) is 12.0. The van der Waals surface area contributed by atoms with Crippen LogP contribution in [-0.4, -0.2) is 11.3 Å². The van der Waals surface area contributed by atoms with Crippen molar-refractivity contribution < 1.29 is 14.6 Å². The third kappa shape index (κ3) is 3.41. The van der Waals surface area contributed by atoms with Gasteiger partial charge in [-0.25, -0.2) is 4.79 Å². The van der Waals surface area contributed by atoms with Crippen LogP contribution >= 0.6 is 0 Å². The van der Waals surface area contributed by atoms with Crippen molar-refractivity contribution in [1.29, 1.82) is 0 Å². The fraction of sp³-hybridized carbons (Fsp3) is 0.136. The van der Waals surface area contributed by atoms with Gasteiger partial charge < -0.3 is 9.84 Å². The average molecular weight is 332 g/mol. The van der Waals surface area contributed by atoms with Crippen LogP contribution in [0.3, 0.4) is 0 Å². The quantitative estimate of drug-likeness (QED) is 0.490. The first-order valence-electron chi connectivity index (χ1n) is 8.15. The summed E-state index contributed by atoms with van der Waals surface area (Å²) in [7, 11) is 0. The van der Waals surface area contributed by atoms with E-state index in [0.29, 0.717) is 5.75 Å².